The number of thiocarbonyl (C=S) groups is 1. The monoisotopic (exact) mass is 451 g/mol. The van der Waals surface area contributed by atoms with E-state index in [2.05, 4.69) is 16.0 Å². The molecule has 0 spiro atoms. The van der Waals surface area contributed by atoms with Crippen molar-refractivity contribution in [3.8, 4) is 11.5 Å². The van der Waals surface area contributed by atoms with Gasteiger partial charge in [-0.05, 0) is 73.6 Å². The first-order chi connectivity index (χ1) is 15.6. The minimum atomic E-state index is 0.396. The summed E-state index contributed by atoms with van der Waals surface area (Å²) in [6, 6.07) is 17.8. The third-order valence-electron chi connectivity index (χ3n) is 5.56. The van der Waals surface area contributed by atoms with Gasteiger partial charge in [-0.3, -0.25) is 0 Å². The molecule has 1 heterocycles. The second-order valence-corrected chi connectivity index (χ2v) is 8.20. The highest BCUT2D eigenvalue weighted by molar-refractivity contribution is 7.80. The summed E-state index contributed by atoms with van der Waals surface area (Å²) in [4.78, 5) is 0. The zero-order valence-corrected chi connectivity index (χ0v) is 19.2. The summed E-state index contributed by atoms with van der Waals surface area (Å²) in [6.07, 6.45) is 6.05. The van der Waals surface area contributed by atoms with Gasteiger partial charge in [0.1, 0.15) is 17.3 Å². The molecule has 0 saturated heterocycles. The van der Waals surface area contributed by atoms with Gasteiger partial charge in [-0.25, -0.2) is 0 Å². The van der Waals surface area contributed by atoms with Crippen molar-refractivity contribution in [1.29, 1.82) is 0 Å². The molecule has 168 valence electrons. The van der Waals surface area contributed by atoms with Crippen LogP contribution in [0.15, 0.2) is 54.6 Å². The number of rotatable bonds is 7. The summed E-state index contributed by atoms with van der Waals surface area (Å²) in [7, 11) is 3.31. The van der Waals surface area contributed by atoms with Gasteiger partial charge in [0.15, 0.2) is 10.9 Å². The molecule has 3 N–H and O–H groups in total. The van der Waals surface area contributed by atoms with Gasteiger partial charge in [0.05, 0.1) is 14.2 Å². The average Bonchev–Trinajstić information content (AvgIpc) is 3.23. The van der Waals surface area contributed by atoms with Crippen LogP contribution in [0, 0.1) is 0 Å². The molecule has 1 aliphatic rings. The maximum atomic E-state index is 5.74. The van der Waals surface area contributed by atoms with Crippen molar-refractivity contribution in [3.63, 3.8) is 0 Å². The smallest absolute Gasteiger partial charge is 0.196 e. The minimum Gasteiger partial charge on any atom is -0.497 e. The molecule has 1 aliphatic carbocycles. The van der Waals surface area contributed by atoms with Crippen molar-refractivity contribution in [1.82, 2.24) is 15.1 Å². The standard InChI is InChI=1S/C24H29N5O2S/c1-30-20-12-8-18(9-13-20)25-22-16-23(26-19-10-14-21(31-2)15-11-19)29(28-22)24(32)27-17-6-4-3-5-7-17/h8-17,26H,3-7H2,1-2H3,(H,25,28)(H,27,32). The van der Waals surface area contributed by atoms with Crippen molar-refractivity contribution in [2.24, 2.45) is 0 Å². The molecule has 1 fully saturated rings. The summed E-state index contributed by atoms with van der Waals surface area (Å²) in [5.74, 6) is 3.08. The van der Waals surface area contributed by atoms with E-state index in [1.165, 1.54) is 19.3 Å². The van der Waals surface area contributed by atoms with E-state index < -0.39 is 0 Å². The molecule has 0 aliphatic heterocycles. The molecule has 0 atom stereocenters. The van der Waals surface area contributed by atoms with Crippen LogP contribution in [0.2, 0.25) is 0 Å². The van der Waals surface area contributed by atoms with E-state index in [9.17, 15) is 0 Å². The first-order valence-corrected chi connectivity index (χ1v) is 11.3. The zero-order valence-electron chi connectivity index (χ0n) is 18.4. The Kier molecular flexibility index (Phi) is 7.11. The van der Waals surface area contributed by atoms with Gasteiger partial charge in [0.2, 0.25) is 0 Å². The molecule has 7 nitrogen and oxygen atoms in total. The van der Waals surface area contributed by atoms with Crippen LogP contribution in [-0.2, 0) is 0 Å². The summed E-state index contributed by atoms with van der Waals surface area (Å²) in [5, 5.41) is 15.6. The van der Waals surface area contributed by atoms with Crippen LogP contribution >= 0.6 is 12.2 Å². The highest BCUT2D eigenvalue weighted by atomic mass is 32.1. The fourth-order valence-corrected chi connectivity index (χ4v) is 4.12. The van der Waals surface area contributed by atoms with Crippen LogP contribution in [0.4, 0.5) is 23.0 Å². The summed E-state index contributed by atoms with van der Waals surface area (Å²) in [6.45, 7) is 0. The Hall–Kier alpha value is -3.26. The predicted octanol–water partition coefficient (Wildman–Crippen LogP) is 5.44. The van der Waals surface area contributed by atoms with Crippen molar-refractivity contribution in [3.05, 3.63) is 54.6 Å². The fourth-order valence-electron chi connectivity index (χ4n) is 3.81. The minimum absolute atomic E-state index is 0.396. The highest BCUT2D eigenvalue weighted by Gasteiger charge is 2.18. The van der Waals surface area contributed by atoms with Crippen LogP contribution < -0.4 is 25.4 Å². The second kappa shape index (κ2) is 10.4. The largest absolute Gasteiger partial charge is 0.497 e. The van der Waals surface area contributed by atoms with Gasteiger partial charge in [-0.2, -0.15) is 4.68 Å². The molecule has 1 saturated carbocycles. The molecule has 4 rings (SSSR count). The fraction of sp³-hybridized carbons (Fsp3) is 0.333. The number of hydrogen-bond donors (Lipinski definition) is 3. The van der Waals surface area contributed by atoms with E-state index in [0.29, 0.717) is 17.0 Å². The maximum absolute atomic E-state index is 5.74. The third-order valence-corrected chi connectivity index (χ3v) is 5.85. The van der Waals surface area contributed by atoms with Gasteiger partial charge < -0.3 is 25.4 Å². The van der Waals surface area contributed by atoms with Crippen molar-refractivity contribution in [2.45, 2.75) is 38.1 Å². The lowest BCUT2D eigenvalue weighted by molar-refractivity contribution is 0.412. The van der Waals surface area contributed by atoms with E-state index in [0.717, 1.165) is 41.5 Å². The number of benzene rings is 2. The number of aromatic nitrogens is 2. The van der Waals surface area contributed by atoms with Crippen LogP contribution in [0.5, 0.6) is 11.5 Å². The number of anilines is 4. The first kappa shape index (κ1) is 22.0. The Labute approximate surface area is 194 Å². The Morgan fingerprint density at radius 1 is 0.875 bits per heavy atom. The van der Waals surface area contributed by atoms with Crippen molar-refractivity contribution in [2.75, 3.05) is 24.9 Å². The number of ether oxygens (including phenoxy) is 2. The van der Waals surface area contributed by atoms with E-state index in [1.54, 1.807) is 18.9 Å². The molecule has 0 bridgehead atoms. The first-order valence-electron chi connectivity index (χ1n) is 10.9. The SMILES string of the molecule is COc1ccc(Nc2cc(Nc3ccc(OC)cc3)n(C(=S)NC3CCCCC3)n2)cc1. The lowest BCUT2D eigenvalue weighted by atomic mass is 9.96. The maximum Gasteiger partial charge on any atom is 0.196 e. The van der Waals surface area contributed by atoms with Crippen molar-refractivity contribution >= 4 is 40.3 Å². The second-order valence-electron chi connectivity index (χ2n) is 7.82. The number of nitrogens with zero attached hydrogens (tertiary/aromatic N) is 2. The molecule has 0 amide bonds. The van der Waals surface area contributed by atoms with Crippen LogP contribution in [0.1, 0.15) is 32.1 Å². The topological polar surface area (TPSA) is 72.4 Å². The van der Waals surface area contributed by atoms with E-state index in [4.69, 9.17) is 26.8 Å². The molecule has 3 aromatic rings. The van der Waals surface area contributed by atoms with E-state index >= 15 is 0 Å². The van der Waals surface area contributed by atoms with Crippen LogP contribution in [0.3, 0.4) is 0 Å². The average molecular weight is 452 g/mol. The quantitative estimate of drug-likeness (QED) is 0.413. The normalized spacial score (nSPS) is 13.9. The number of methoxy groups -OCH3 is 2. The molecule has 0 radical (unpaired) electrons. The Bertz CT molecular complexity index is 1030. The number of hydrogen-bond acceptors (Lipinski definition) is 6. The van der Waals surface area contributed by atoms with Gasteiger partial charge in [0, 0.05) is 23.5 Å². The Morgan fingerprint density at radius 2 is 1.44 bits per heavy atom. The Morgan fingerprint density at radius 3 is 2.00 bits per heavy atom. The predicted molar refractivity (Wildman–Crippen MR) is 133 cm³/mol. The zero-order chi connectivity index (χ0) is 22.3. The molecular weight excluding hydrogens is 422 g/mol. The van der Waals surface area contributed by atoms with Gasteiger partial charge >= 0.3 is 0 Å². The van der Waals surface area contributed by atoms with Crippen LogP contribution in [-0.4, -0.2) is 35.2 Å². The highest BCUT2D eigenvalue weighted by Crippen LogP contribution is 2.26. The van der Waals surface area contributed by atoms with Gasteiger partial charge in [-0.15, -0.1) is 5.10 Å². The summed E-state index contributed by atoms with van der Waals surface area (Å²) < 4.78 is 12.2. The molecular formula is C24H29N5O2S. The Balaban J connectivity index is 1.56. The molecule has 32 heavy (non-hydrogen) atoms. The lowest BCUT2D eigenvalue weighted by Gasteiger charge is -2.24. The molecule has 2 aromatic carbocycles. The summed E-state index contributed by atoms with van der Waals surface area (Å²) in [5.41, 5.74) is 1.83. The van der Waals surface area contributed by atoms with Crippen LogP contribution in [0.25, 0.3) is 0 Å². The van der Waals surface area contributed by atoms with Crippen molar-refractivity contribution < 1.29 is 9.47 Å². The van der Waals surface area contributed by atoms with Gasteiger partial charge in [-0.1, -0.05) is 19.3 Å². The van der Waals surface area contributed by atoms with E-state index in [1.807, 2.05) is 54.6 Å². The lowest BCUT2D eigenvalue weighted by Crippen LogP contribution is -2.39. The molecule has 0 unspecified atom stereocenters. The third kappa shape index (κ3) is 5.50. The molecule has 8 heteroatoms. The number of nitrogens with one attached hydrogen (secondary N) is 3. The summed E-state index contributed by atoms with van der Waals surface area (Å²) >= 11 is 5.74. The van der Waals surface area contributed by atoms with E-state index in [-0.39, 0.29) is 0 Å². The molecule has 1 aromatic heterocycles. The van der Waals surface area contributed by atoms with Gasteiger partial charge in [0.25, 0.3) is 0 Å².